The summed E-state index contributed by atoms with van der Waals surface area (Å²) in [5.74, 6) is 0. The smallest absolute Gasteiger partial charge is 0.0635 e. The van der Waals surface area contributed by atoms with Gasteiger partial charge in [-0.05, 0) is 6.42 Å². The van der Waals surface area contributed by atoms with Gasteiger partial charge in [0.15, 0.2) is 0 Å². The van der Waals surface area contributed by atoms with Crippen molar-refractivity contribution in [2.24, 2.45) is 5.41 Å². The molecule has 0 saturated carbocycles. The molecule has 1 fully saturated rings. The molecule has 1 rings (SSSR count). The van der Waals surface area contributed by atoms with Crippen LogP contribution in [0.4, 0.5) is 0 Å². The third-order valence-electron chi connectivity index (χ3n) is 2.05. The lowest BCUT2D eigenvalue weighted by Crippen LogP contribution is -2.48. The standard InChI is InChI=1S/C7H14O2/c1-3-6(8)7(2)4-9-5-7/h6,8H,3-5H2,1-2H3. The number of hydrogen-bond donors (Lipinski definition) is 1. The fourth-order valence-corrected chi connectivity index (χ4v) is 1.11. The quantitative estimate of drug-likeness (QED) is 0.599. The van der Waals surface area contributed by atoms with Gasteiger partial charge in [-0.15, -0.1) is 0 Å². The topological polar surface area (TPSA) is 29.5 Å². The molecule has 0 amide bonds. The number of hydrogen-bond acceptors (Lipinski definition) is 2. The molecule has 0 radical (unpaired) electrons. The Kier molecular flexibility index (Phi) is 1.78. The first-order valence-electron chi connectivity index (χ1n) is 3.45. The average molecular weight is 130 g/mol. The summed E-state index contributed by atoms with van der Waals surface area (Å²) in [6, 6.07) is 0. The van der Waals surface area contributed by atoms with Crippen molar-refractivity contribution < 1.29 is 9.84 Å². The third-order valence-corrected chi connectivity index (χ3v) is 2.05. The molecular weight excluding hydrogens is 116 g/mol. The van der Waals surface area contributed by atoms with Gasteiger partial charge in [0.2, 0.25) is 0 Å². The highest BCUT2D eigenvalue weighted by atomic mass is 16.5. The summed E-state index contributed by atoms with van der Waals surface area (Å²) in [6.07, 6.45) is 0.658. The Morgan fingerprint density at radius 3 is 2.33 bits per heavy atom. The SMILES string of the molecule is CCC(O)C1(C)COC1. The Balaban J connectivity index is 2.38. The molecular formula is C7H14O2. The minimum Gasteiger partial charge on any atom is -0.392 e. The van der Waals surface area contributed by atoms with Crippen LogP contribution in [0.2, 0.25) is 0 Å². The minimum atomic E-state index is -0.175. The Hall–Kier alpha value is -0.0800. The zero-order valence-corrected chi connectivity index (χ0v) is 6.05. The lowest BCUT2D eigenvalue weighted by Gasteiger charge is -2.41. The maximum absolute atomic E-state index is 9.36. The Morgan fingerprint density at radius 2 is 2.22 bits per heavy atom. The highest BCUT2D eigenvalue weighted by molar-refractivity contribution is 4.86. The summed E-state index contributed by atoms with van der Waals surface area (Å²) in [7, 11) is 0. The largest absolute Gasteiger partial charge is 0.392 e. The summed E-state index contributed by atoms with van der Waals surface area (Å²) >= 11 is 0. The van der Waals surface area contributed by atoms with Crippen molar-refractivity contribution in [2.75, 3.05) is 13.2 Å². The van der Waals surface area contributed by atoms with Crippen LogP contribution in [-0.2, 0) is 4.74 Å². The number of aliphatic hydroxyl groups excluding tert-OH is 1. The van der Waals surface area contributed by atoms with E-state index in [1.807, 2.05) is 6.92 Å². The average Bonchev–Trinajstić information content (AvgIpc) is 1.81. The van der Waals surface area contributed by atoms with Crippen LogP contribution in [0.15, 0.2) is 0 Å². The van der Waals surface area contributed by atoms with E-state index < -0.39 is 0 Å². The summed E-state index contributed by atoms with van der Waals surface area (Å²) in [6.45, 7) is 5.50. The minimum absolute atomic E-state index is 0.0642. The Morgan fingerprint density at radius 1 is 1.67 bits per heavy atom. The van der Waals surface area contributed by atoms with E-state index in [0.29, 0.717) is 0 Å². The second-order valence-corrected chi connectivity index (χ2v) is 3.07. The molecule has 2 heteroatoms. The lowest BCUT2D eigenvalue weighted by molar-refractivity contribution is -0.161. The molecule has 0 aromatic rings. The molecule has 2 nitrogen and oxygen atoms in total. The zero-order valence-electron chi connectivity index (χ0n) is 6.05. The van der Waals surface area contributed by atoms with Crippen molar-refractivity contribution in [1.29, 1.82) is 0 Å². The van der Waals surface area contributed by atoms with Crippen LogP contribution < -0.4 is 0 Å². The van der Waals surface area contributed by atoms with E-state index in [1.165, 1.54) is 0 Å². The van der Waals surface area contributed by atoms with Crippen LogP contribution in [0.5, 0.6) is 0 Å². The van der Waals surface area contributed by atoms with E-state index in [9.17, 15) is 5.11 Å². The molecule has 0 aliphatic carbocycles. The molecule has 1 atom stereocenters. The van der Waals surface area contributed by atoms with Gasteiger partial charge in [-0.1, -0.05) is 13.8 Å². The first-order valence-corrected chi connectivity index (χ1v) is 3.45. The normalized spacial score (nSPS) is 27.0. The van der Waals surface area contributed by atoms with Crippen molar-refractivity contribution in [3.8, 4) is 0 Å². The second kappa shape index (κ2) is 2.27. The van der Waals surface area contributed by atoms with E-state index >= 15 is 0 Å². The van der Waals surface area contributed by atoms with Gasteiger partial charge in [-0.3, -0.25) is 0 Å². The molecule has 0 bridgehead atoms. The third kappa shape index (κ3) is 1.10. The van der Waals surface area contributed by atoms with Crippen molar-refractivity contribution in [1.82, 2.24) is 0 Å². The van der Waals surface area contributed by atoms with E-state index in [1.54, 1.807) is 0 Å². The van der Waals surface area contributed by atoms with Gasteiger partial charge in [-0.25, -0.2) is 0 Å². The highest BCUT2D eigenvalue weighted by Crippen LogP contribution is 2.31. The molecule has 1 aliphatic heterocycles. The van der Waals surface area contributed by atoms with Gasteiger partial charge in [0.1, 0.15) is 0 Å². The van der Waals surface area contributed by atoms with Crippen molar-refractivity contribution in [2.45, 2.75) is 26.4 Å². The van der Waals surface area contributed by atoms with E-state index in [4.69, 9.17) is 4.74 Å². The van der Waals surface area contributed by atoms with Crippen LogP contribution in [0.1, 0.15) is 20.3 Å². The van der Waals surface area contributed by atoms with Gasteiger partial charge in [-0.2, -0.15) is 0 Å². The van der Waals surface area contributed by atoms with Crippen LogP contribution >= 0.6 is 0 Å². The molecule has 0 spiro atoms. The first kappa shape index (κ1) is 7.03. The molecule has 9 heavy (non-hydrogen) atoms. The molecule has 0 aromatic carbocycles. The van der Waals surface area contributed by atoms with Crippen molar-refractivity contribution in [3.63, 3.8) is 0 Å². The highest BCUT2D eigenvalue weighted by Gasteiger charge is 2.39. The van der Waals surface area contributed by atoms with Gasteiger partial charge in [0.05, 0.1) is 19.3 Å². The van der Waals surface area contributed by atoms with Crippen molar-refractivity contribution in [3.05, 3.63) is 0 Å². The van der Waals surface area contributed by atoms with Gasteiger partial charge in [0, 0.05) is 5.41 Å². The monoisotopic (exact) mass is 130 g/mol. The molecule has 1 unspecified atom stereocenters. The maximum Gasteiger partial charge on any atom is 0.0635 e. The second-order valence-electron chi connectivity index (χ2n) is 3.07. The van der Waals surface area contributed by atoms with Gasteiger partial charge in [0.25, 0.3) is 0 Å². The summed E-state index contributed by atoms with van der Waals surface area (Å²) in [5, 5.41) is 9.36. The van der Waals surface area contributed by atoms with Crippen LogP contribution in [0, 0.1) is 5.41 Å². The number of ether oxygens (including phenoxy) is 1. The molecule has 1 aliphatic rings. The van der Waals surface area contributed by atoms with Gasteiger partial charge < -0.3 is 9.84 Å². The summed E-state index contributed by atoms with van der Waals surface area (Å²) in [4.78, 5) is 0. The summed E-state index contributed by atoms with van der Waals surface area (Å²) in [5.41, 5.74) is 0.0642. The Bertz CT molecular complexity index is 97.1. The number of aliphatic hydroxyl groups is 1. The number of rotatable bonds is 2. The maximum atomic E-state index is 9.36. The zero-order chi connectivity index (χ0) is 6.91. The molecule has 1 N–H and O–H groups in total. The predicted molar refractivity (Wildman–Crippen MR) is 35.2 cm³/mol. The van der Waals surface area contributed by atoms with Gasteiger partial charge >= 0.3 is 0 Å². The van der Waals surface area contributed by atoms with Crippen molar-refractivity contribution >= 4 is 0 Å². The fraction of sp³-hybridized carbons (Fsp3) is 1.00. The van der Waals surface area contributed by atoms with Crippen LogP contribution in [-0.4, -0.2) is 24.4 Å². The van der Waals surface area contributed by atoms with E-state index in [-0.39, 0.29) is 11.5 Å². The molecule has 0 aromatic heterocycles. The lowest BCUT2D eigenvalue weighted by atomic mass is 9.81. The summed E-state index contributed by atoms with van der Waals surface area (Å²) < 4.78 is 5.00. The predicted octanol–water partition coefficient (Wildman–Crippen LogP) is 0.794. The van der Waals surface area contributed by atoms with Crippen LogP contribution in [0.25, 0.3) is 0 Å². The molecule has 54 valence electrons. The first-order chi connectivity index (χ1) is 4.19. The molecule has 1 heterocycles. The van der Waals surface area contributed by atoms with E-state index in [0.717, 1.165) is 19.6 Å². The van der Waals surface area contributed by atoms with E-state index in [2.05, 4.69) is 6.92 Å². The molecule has 1 saturated heterocycles. The van der Waals surface area contributed by atoms with Crippen LogP contribution in [0.3, 0.4) is 0 Å². The Labute approximate surface area is 55.8 Å². The fourth-order valence-electron chi connectivity index (χ4n) is 1.11.